The van der Waals surface area contributed by atoms with E-state index in [1.807, 2.05) is 31.4 Å². The van der Waals surface area contributed by atoms with Gasteiger partial charge in [0.05, 0.1) is 11.8 Å². The van der Waals surface area contributed by atoms with E-state index in [1.165, 1.54) is 6.42 Å². The predicted octanol–water partition coefficient (Wildman–Crippen LogP) is 2.94. The number of hydrogen-bond acceptors (Lipinski definition) is 5. The summed E-state index contributed by atoms with van der Waals surface area (Å²) in [5.74, 6) is 0.497. The first-order valence-electron chi connectivity index (χ1n) is 8.47. The van der Waals surface area contributed by atoms with Crippen LogP contribution in [0.1, 0.15) is 48.0 Å². The Hall–Kier alpha value is -2.37. The maximum absolute atomic E-state index is 12.4. The second-order valence-electron chi connectivity index (χ2n) is 6.45. The molecule has 0 radical (unpaired) electrons. The minimum absolute atomic E-state index is 0.0657. The molecular weight excluding hydrogens is 304 g/mol. The zero-order valence-corrected chi connectivity index (χ0v) is 14.3. The molecule has 1 saturated carbocycles. The highest BCUT2D eigenvalue weighted by Gasteiger charge is 2.19. The Balaban J connectivity index is 1.65. The van der Waals surface area contributed by atoms with E-state index in [2.05, 4.69) is 10.1 Å². The van der Waals surface area contributed by atoms with Crippen LogP contribution in [-0.4, -0.2) is 33.9 Å². The van der Waals surface area contributed by atoms with Crippen LogP contribution in [0.15, 0.2) is 30.7 Å². The van der Waals surface area contributed by atoms with Crippen LogP contribution in [-0.2, 0) is 18.3 Å². The molecule has 2 aromatic rings. The fourth-order valence-corrected chi connectivity index (χ4v) is 3.06. The van der Waals surface area contributed by atoms with E-state index in [0.29, 0.717) is 12.1 Å². The van der Waals surface area contributed by atoms with Crippen molar-refractivity contribution < 1.29 is 9.53 Å². The average molecular weight is 328 g/mol. The highest BCUT2D eigenvalue weighted by atomic mass is 16.5. The summed E-state index contributed by atoms with van der Waals surface area (Å²) in [6.07, 6.45) is 11.0. The molecule has 24 heavy (non-hydrogen) atoms. The minimum Gasteiger partial charge on any atom is -0.459 e. The van der Waals surface area contributed by atoms with Crippen LogP contribution in [0.3, 0.4) is 0 Å². The van der Waals surface area contributed by atoms with Crippen molar-refractivity contribution in [1.82, 2.24) is 14.8 Å². The summed E-state index contributed by atoms with van der Waals surface area (Å²) >= 11 is 0. The molecule has 0 bridgehead atoms. The van der Waals surface area contributed by atoms with Gasteiger partial charge in [-0.05, 0) is 37.8 Å². The minimum atomic E-state index is -0.250. The third kappa shape index (κ3) is 4.13. The maximum atomic E-state index is 12.4. The monoisotopic (exact) mass is 328 g/mol. The number of ether oxygens (including phenoxy) is 1. The molecule has 2 heterocycles. The van der Waals surface area contributed by atoms with E-state index < -0.39 is 0 Å². The quantitative estimate of drug-likeness (QED) is 0.790. The average Bonchev–Trinajstić information content (AvgIpc) is 3.00. The van der Waals surface area contributed by atoms with E-state index in [0.717, 1.165) is 37.1 Å². The highest BCUT2D eigenvalue weighted by Crippen LogP contribution is 2.22. The highest BCUT2D eigenvalue weighted by molar-refractivity contribution is 5.90. The van der Waals surface area contributed by atoms with Crippen molar-refractivity contribution in [2.75, 3.05) is 11.9 Å². The van der Waals surface area contributed by atoms with Gasteiger partial charge in [0.1, 0.15) is 11.9 Å². The van der Waals surface area contributed by atoms with Gasteiger partial charge in [-0.15, -0.1) is 0 Å². The van der Waals surface area contributed by atoms with Crippen molar-refractivity contribution in [2.45, 2.75) is 44.8 Å². The van der Waals surface area contributed by atoms with Crippen LogP contribution < -0.4 is 4.90 Å². The van der Waals surface area contributed by atoms with Crippen LogP contribution >= 0.6 is 0 Å². The van der Waals surface area contributed by atoms with Gasteiger partial charge in [-0.1, -0.05) is 6.42 Å². The third-order valence-corrected chi connectivity index (χ3v) is 4.38. The lowest BCUT2D eigenvalue weighted by Gasteiger charge is -2.22. The van der Waals surface area contributed by atoms with E-state index in [4.69, 9.17) is 4.74 Å². The van der Waals surface area contributed by atoms with E-state index in [-0.39, 0.29) is 12.1 Å². The largest absolute Gasteiger partial charge is 0.459 e. The maximum Gasteiger partial charge on any atom is 0.338 e. The smallest absolute Gasteiger partial charge is 0.338 e. The van der Waals surface area contributed by atoms with Crippen LogP contribution in [0.5, 0.6) is 0 Å². The van der Waals surface area contributed by atoms with Gasteiger partial charge in [0, 0.05) is 38.6 Å². The molecule has 0 amide bonds. The number of esters is 1. The second kappa shape index (κ2) is 7.47. The molecule has 1 aliphatic carbocycles. The van der Waals surface area contributed by atoms with Crippen molar-refractivity contribution in [3.8, 4) is 0 Å². The third-order valence-electron chi connectivity index (χ3n) is 4.38. The number of hydrogen-bond donors (Lipinski definition) is 0. The second-order valence-corrected chi connectivity index (χ2v) is 6.45. The summed E-state index contributed by atoms with van der Waals surface area (Å²) in [4.78, 5) is 18.7. The fraction of sp³-hybridized carbons (Fsp3) is 0.500. The summed E-state index contributed by atoms with van der Waals surface area (Å²) in [5.41, 5.74) is 1.65. The number of nitrogens with zero attached hydrogens (tertiary/aromatic N) is 4. The molecule has 0 saturated heterocycles. The Bertz CT molecular complexity index is 692. The number of rotatable bonds is 5. The van der Waals surface area contributed by atoms with Gasteiger partial charge in [0.15, 0.2) is 0 Å². The van der Waals surface area contributed by atoms with Crippen LogP contribution in [0.25, 0.3) is 0 Å². The predicted molar refractivity (Wildman–Crippen MR) is 91.8 cm³/mol. The number of aromatic nitrogens is 3. The molecule has 1 aliphatic rings. The molecule has 1 fully saturated rings. The molecule has 6 heteroatoms. The lowest BCUT2D eigenvalue weighted by molar-refractivity contribution is 0.0211. The molecule has 128 valence electrons. The number of carbonyl (C=O) groups excluding carboxylic acids is 1. The Kier molecular flexibility index (Phi) is 5.13. The SMILES string of the molecule is CN(Cc1cnn(C)c1)c1cc(C(=O)OC2CCCCC2)ccn1. The summed E-state index contributed by atoms with van der Waals surface area (Å²) in [7, 11) is 3.84. The van der Waals surface area contributed by atoms with E-state index in [9.17, 15) is 4.79 Å². The van der Waals surface area contributed by atoms with Gasteiger partial charge >= 0.3 is 5.97 Å². The number of anilines is 1. The van der Waals surface area contributed by atoms with Crippen molar-refractivity contribution in [3.63, 3.8) is 0 Å². The van der Waals surface area contributed by atoms with Crippen LogP contribution in [0.4, 0.5) is 5.82 Å². The zero-order chi connectivity index (χ0) is 16.9. The van der Waals surface area contributed by atoms with Gasteiger partial charge in [0.2, 0.25) is 0 Å². The van der Waals surface area contributed by atoms with Gasteiger partial charge in [-0.3, -0.25) is 4.68 Å². The molecule has 0 spiro atoms. The Morgan fingerprint density at radius 2 is 2.17 bits per heavy atom. The molecular formula is C18H24N4O2. The zero-order valence-electron chi connectivity index (χ0n) is 14.3. The summed E-state index contributed by atoms with van der Waals surface area (Å²) in [5, 5.41) is 4.17. The number of aryl methyl sites for hydroxylation is 1. The molecule has 2 aromatic heterocycles. The topological polar surface area (TPSA) is 60.2 Å². The molecule has 0 N–H and O–H groups in total. The van der Waals surface area contributed by atoms with Gasteiger partial charge in [-0.2, -0.15) is 5.10 Å². The lowest BCUT2D eigenvalue weighted by Crippen LogP contribution is -2.22. The van der Waals surface area contributed by atoms with Crippen molar-refractivity contribution in [3.05, 3.63) is 41.9 Å². The Labute approximate surface area is 142 Å². The van der Waals surface area contributed by atoms with E-state index in [1.54, 1.807) is 23.0 Å². The Morgan fingerprint density at radius 3 is 2.88 bits per heavy atom. The molecule has 3 rings (SSSR count). The van der Waals surface area contributed by atoms with Crippen LogP contribution in [0, 0.1) is 0 Å². The standard InChI is InChI=1S/C18H24N4O2/c1-21(12-14-11-20-22(2)13-14)17-10-15(8-9-19-17)18(23)24-16-6-4-3-5-7-16/h8-11,13,16H,3-7,12H2,1-2H3. The normalized spacial score (nSPS) is 15.2. The van der Waals surface area contributed by atoms with Crippen molar-refractivity contribution >= 4 is 11.8 Å². The lowest BCUT2D eigenvalue weighted by atomic mass is 9.98. The molecule has 0 aromatic carbocycles. The summed E-state index contributed by atoms with van der Waals surface area (Å²) in [6, 6.07) is 3.51. The van der Waals surface area contributed by atoms with Gasteiger partial charge < -0.3 is 9.64 Å². The fourth-order valence-electron chi connectivity index (χ4n) is 3.06. The molecule has 0 unspecified atom stereocenters. The Morgan fingerprint density at radius 1 is 1.38 bits per heavy atom. The number of pyridine rings is 1. The number of carbonyl (C=O) groups is 1. The first-order chi connectivity index (χ1) is 11.6. The first-order valence-corrected chi connectivity index (χ1v) is 8.47. The van der Waals surface area contributed by atoms with Gasteiger partial charge in [-0.25, -0.2) is 9.78 Å². The van der Waals surface area contributed by atoms with E-state index >= 15 is 0 Å². The van der Waals surface area contributed by atoms with Crippen molar-refractivity contribution in [2.24, 2.45) is 7.05 Å². The summed E-state index contributed by atoms with van der Waals surface area (Å²) < 4.78 is 7.41. The summed E-state index contributed by atoms with van der Waals surface area (Å²) in [6.45, 7) is 0.683. The van der Waals surface area contributed by atoms with Gasteiger partial charge in [0.25, 0.3) is 0 Å². The van der Waals surface area contributed by atoms with Crippen LogP contribution in [0.2, 0.25) is 0 Å². The van der Waals surface area contributed by atoms with Crippen molar-refractivity contribution in [1.29, 1.82) is 0 Å². The molecule has 6 nitrogen and oxygen atoms in total. The first kappa shape index (κ1) is 16.5. The molecule has 0 atom stereocenters. The molecule has 0 aliphatic heterocycles.